The van der Waals surface area contributed by atoms with Gasteiger partial charge in [-0.3, -0.25) is 4.79 Å². The molecule has 2 rings (SSSR count). The lowest BCUT2D eigenvalue weighted by Crippen LogP contribution is -2.02. The molecule has 1 aromatic heterocycles. The van der Waals surface area contributed by atoms with Gasteiger partial charge in [0.2, 0.25) is 0 Å². The number of carbonyl (C=O) groups is 1. The fourth-order valence-electron chi connectivity index (χ4n) is 1.63. The van der Waals surface area contributed by atoms with Crippen LogP contribution in [-0.2, 0) is 6.42 Å². The Morgan fingerprint density at radius 1 is 1.33 bits per heavy atom. The topological polar surface area (TPSA) is 42.9 Å². The highest BCUT2D eigenvalue weighted by Gasteiger charge is 2.07. The number of rotatable bonds is 3. The van der Waals surface area contributed by atoms with Crippen molar-refractivity contribution in [3.63, 3.8) is 0 Å². The molecule has 0 radical (unpaired) electrons. The third-order valence-electron chi connectivity index (χ3n) is 2.40. The van der Waals surface area contributed by atoms with Crippen LogP contribution < -0.4 is 0 Å². The van der Waals surface area contributed by atoms with Crippen LogP contribution in [0.25, 0.3) is 0 Å². The Kier molecular flexibility index (Phi) is 3.67. The molecule has 2 aromatic rings. The molecule has 0 fully saturated rings. The number of carbonyl (C=O) groups excluding carboxylic acids is 1. The van der Waals surface area contributed by atoms with E-state index in [0.29, 0.717) is 34.9 Å². The third kappa shape index (κ3) is 2.90. The van der Waals surface area contributed by atoms with Crippen LogP contribution in [0.5, 0.6) is 0 Å². The maximum Gasteiger partial charge on any atom is 0.168 e. The summed E-state index contributed by atoms with van der Waals surface area (Å²) in [7, 11) is 0. The molecule has 0 saturated carbocycles. The van der Waals surface area contributed by atoms with Crippen LogP contribution >= 0.6 is 11.6 Å². The van der Waals surface area contributed by atoms with E-state index in [1.165, 1.54) is 12.1 Å². The Balaban J connectivity index is 2.33. The van der Waals surface area contributed by atoms with Crippen molar-refractivity contribution in [3.05, 3.63) is 57.9 Å². The molecule has 0 atom stereocenters. The van der Waals surface area contributed by atoms with Gasteiger partial charge in [0.1, 0.15) is 17.3 Å². The van der Waals surface area contributed by atoms with Gasteiger partial charge in [0.25, 0.3) is 0 Å². The van der Waals surface area contributed by atoms with Crippen molar-refractivity contribution in [2.75, 3.05) is 0 Å². The molecule has 92 valence electrons. The first-order chi connectivity index (χ1) is 8.58. The first-order valence-electron chi connectivity index (χ1n) is 5.32. The first kappa shape index (κ1) is 12.6. The van der Waals surface area contributed by atoms with Gasteiger partial charge in [-0.05, 0) is 30.7 Å². The number of hydrogen-bond donors (Lipinski definition) is 0. The molecule has 0 spiro atoms. The molecule has 0 aliphatic carbocycles. The van der Waals surface area contributed by atoms with Crippen LogP contribution in [0.15, 0.2) is 24.3 Å². The summed E-state index contributed by atoms with van der Waals surface area (Å²) < 4.78 is 12.9. The number of hydrogen-bond acceptors (Lipinski definition) is 3. The average molecular weight is 265 g/mol. The zero-order valence-corrected chi connectivity index (χ0v) is 10.4. The number of aryl methyl sites for hydroxylation is 1. The summed E-state index contributed by atoms with van der Waals surface area (Å²) in [6.07, 6.45) is 1.03. The molecule has 1 aromatic carbocycles. The van der Waals surface area contributed by atoms with E-state index in [1.54, 1.807) is 19.1 Å². The Bertz CT molecular complexity index is 602. The Labute approximate surface area is 109 Å². The van der Waals surface area contributed by atoms with Gasteiger partial charge in [-0.15, -0.1) is 0 Å². The van der Waals surface area contributed by atoms with Crippen LogP contribution in [0.4, 0.5) is 4.39 Å². The lowest BCUT2D eigenvalue weighted by molar-refractivity contribution is 0.111. The number of nitrogens with zero attached hydrogens (tertiary/aromatic N) is 2. The zero-order chi connectivity index (χ0) is 13.1. The van der Waals surface area contributed by atoms with E-state index in [9.17, 15) is 9.18 Å². The van der Waals surface area contributed by atoms with Crippen LogP contribution in [0, 0.1) is 12.7 Å². The van der Waals surface area contributed by atoms with Gasteiger partial charge in [-0.25, -0.2) is 14.4 Å². The lowest BCUT2D eigenvalue weighted by Gasteiger charge is -2.05. The molecule has 5 heteroatoms. The number of aromatic nitrogens is 2. The molecule has 1 heterocycles. The molecular formula is C13H10ClFN2O. The van der Waals surface area contributed by atoms with E-state index in [-0.39, 0.29) is 5.82 Å². The predicted molar refractivity (Wildman–Crippen MR) is 66.4 cm³/mol. The summed E-state index contributed by atoms with van der Waals surface area (Å²) in [5.74, 6) is 0.105. The highest BCUT2D eigenvalue weighted by atomic mass is 35.5. The molecule has 0 bridgehead atoms. The maximum atomic E-state index is 12.9. The molecule has 0 unspecified atom stereocenters. The highest BCUT2D eigenvalue weighted by molar-refractivity contribution is 6.31. The normalized spacial score (nSPS) is 10.4. The minimum atomic E-state index is -0.387. The van der Waals surface area contributed by atoms with Crippen LogP contribution in [-0.4, -0.2) is 16.3 Å². The fourth-order valence-corrected chi connectivity index (χ4v) is 1.87. The van der Waals surface area contributed by atoms with Gasteiger partial charge in [-0.1, -0.05) is 17.7 Å². The zero-order valence-electron chi connectivity index (χ0n) is 9.65. The Morgan fingerprint density at radius 3 is 2.78 bits per heavy atom. The Morgan fingerprint density at radius 2 is 2.11 bits per heavy atom. The van der Waals surface area contributed by atoms with Crippen molar-refractivity contribution in [2.24, 2.45) is 0 Å². The van der Waals surface area contributed by atoms with E-state index >= 15 is 0 Å². The summed E-state index contributed by atoms with van der Waals surface area (Å²) in [5.41, 5.74) is 1.76. The van der Waals surface area contributed by atoms with Gasteiger partial charge in [-0.2, -0.15) is 0 Å². The van der Waals surface area contributed by atoms with Crippen molar-refractivity contribution < 1.29 is 9.18 Å². The molecule has 18 heavy (non-hydrogen) atoms. The van der Waals surface area contributed by atoms with Crippen LogP contribution in [0.3, 0.4) is 0 Å². The van der Waals surface area contributed by atoms with Crippen molar-refractivity contribution in [1.29, 1.82) is 0 Å². The standard InChI is InChI=1S/C13H10ClFN2O/c1-8-4-11(7-18)17-13(16-8)5-9-2-3-10(15)6-12(9)14/h2-4,6-7H,5H2,1H3. The van der Waals surface area contributed by atoms with Gasteiger partial charge < -0.3 is 0 Å². The van der Waals surface area contributed by atoms with Gasteiger partial charge >= 0.3 is 0 Å². The second-order valence-electron chi connectivity index (χ2n) is 3.88. The third-order valence-corrected chi connectivity index (χ3v) is 2.76. The molecule has 0 N–H and O–H groups in total. The molecule has 0 amide bonds. The minimum Gasteiger partial charge on any atom is -0.296 e. The summed E-state index contributed by atoms with van der Waals surface area (Å²) in [4.78, 5) is 19.0. The molecule has 0 aliphatic heterocycles. The summed E-state index contributed by atoms with van der Waals surface area (Å²) in [5, 5.41) is 0.327. The Hall–Kier alpha value is -1.81. The van der Waals surface area contributed by atoms with E-state index in [2.05, 4.69) is 9.97 Å². The van der Waals surface area contributed by atoms with E-state index in [0.717, 1.165) is 5.56 Å². The van der Waals surface area contributed by atoms with Gasteiger partial charge in [0, 0.05) is 17.1 Å². The smallest absolute Gasteiger partial charge is 0.168 e. The van der Waals surface area contributed by atoms with Gasteiger partial charge in [0.15, 0.2) is 6.29 Å². The predicted octanol–water partition coefficient (Wildman–Crippen LogP) is 2.98. The number of halogens is 2. The van der Waals surface area contributed by atoms with Gasteiger partial charge in [0.05, 0.1) is 0 Å². The lowest BCUT2D eigenvalue weighted by atomic mass is 10.1. The second kappa shape index (κ2) is 5.23. The van der Waals surface area contributed by atoms with Crippen LogP contribution in [0.1, 0.15) is 27.6 Å². The van der Waals surface area contributed by atoms with Crippen molar-refractivity contribution in [3.8, 4) is 0 Å². The van der Waals surface area contributed by atoms with Crippen molar-refractivity contribution >= 4 is 17.9 Å². The maximum absolute atomic E-state index is 12.9. The largest absolute Gasteiger partial charge is 0.296 e. The summed E-state index contributed by atoms with van der Waals surface area (Å²) >= 11 is 5.93. The average Bonchev–Trinajstić information content (AvgIpc) is 2.32. The van der Waals surface area contributed by atoms with E-state index < -0.39 is 0 Å². The number of benzene rings is 1. The SMILES string of the molecule is Cc1cc(C=O)nc(Cc2ccc(F)cc2Cl)n1. The van der Waals surface area contributed by atoms with Crippen molar-refractivity contribution in [1.82, 2.24) is 9.97 Å². The number of aldehydes is 1. The van der Waals surface area contributed by atoms with E-state index in [1.807, 2.05) is 0 Å². The molecular weight excluding hydrogens is 255 g/mol. The quantitative estimate of drug-likeness (QED) is 0.801. The van der Waals surface area contributed by atoms with Crippen molar-refractivity contribution in [2.45, 2.75) is 13.3 Å². The monoisotopic (exact) mass is 264 g/mol. The highest BCUT2D eigenvalue weighted by Crippen LogP contribution is 2.19. The van der Waals surface area contributed by atoms with Crippen LogP contribution in [0.2, 0.25) is 5.02 Å². The summed E-state index contributed by atoms with van der Waals surface area (Å²) in [6, 6.07) is 5.76. The minimum absolute atomic E-state index is 0.327. The molecule has 0 saturated heterocycles. The van der Waals surface area contributed by atoms with E-state index in [4.69, 9.17) is 11.6 Å². The first-order valence-corrected chi connectivity index (χ1v) is 5.70. The second-order valence-corrected chi connectivity index (χ2v) is 4.29. The summed E-state index contributed by atoms with van der Waals surface area (Å²) in [6.45, 7) is 1.78. The fraction of sp³-hybridized carbons (Fsp3) is 0.154. The molecule has 0 aliphatic rings. The molecule has 3 nitrogen and oxygen atoms in total.